The second-order valence-corrected chi connectivity index (χ2v) is 6.02. The van der Waals surface area contributed by atoms with Gasteiger partial charge in [0.2, 0.25) is 0 Å². The minimum absolute atomic E-state index is 0.134. The second-order valence-electron chi connectivity index (χ2n) is 6.02. The van der Waals surface area contributed by atoms with Gasteiger partial charge in [0.05, 0.1) is 11.8 Å². The highest BCUT2D eigenvalue weighted by atomic mass is 19.1. The zero-order chi connectivity index (χ0) is 17.2. The van der Waals surface area contributed by atoms with Gasteiger partial charge in [-0.05, 0) is 24.6 Å². The highest BCUT2D eigenvalue weighted by Gasteiger charge is 2.23. The van der Waals surface area contributed by atoms with E-state index in [1.165, 1.54) is 12.1 Å². The zero-order valence-electron chi connectivity index (χ0n) is 13.7. The lowest BCUT2D eigenvalue weighted by Crippen LogP contribution is -2.36. The molecule has 7 heteroatoms. The lowest BCUT2D eigenvalue weighted by Gasteiger charge is -2.24. The van der Waals surface area contributed by atoms with Crippen LogP contribution in [0.15, 0.2) is 48.8 Å². The number of carbonyl (C=O) groups is 1. The summed E-state index contributed by atoms with van der Waals surface area (Å²) in [6, 6.07) is 9.92. The summed E-state index contributed by atoms with van der Waals surface area (Å²) < 4.78 is 15.7. The third kappa shape index (κ3) is 2.93. The molecule has 1 amide bonds. The van der Waals surface area contributed by atoms with Crippen LogP contribution in [-0.2, 0) is 0 Å². The number of halogens is 1. The average Bonchev–Trinajstić information content (AvgIpc) is 2.98. The number of hydrogen-bond donors (Lipinski definition) is 0. The first kappa shape index (κ1) is 15.6. The Balaban J connectivity index is 1.54. The van der Waals surface area contributed by atoms with Gasteiger partial charge in [-0.2, -0.15) is 9.61 Å². The lowest BCUT2D eigenvalue weighted by molar-refractivity contribution is 0.0762. The largest absolute Gasteiger partial charge is 0.355 e. The maximum atomic E-state index is 13.9. The van der Waals surface area contributed by atoms with Crippen molar-refractivity contribution < 1.29 is 9.18 Å². The first-order chi connectivity index (χ1) is 12.2. The van der Waals surface area contributed by atoms with Crippen molar-refractivity contribution in [2.75, 3.05) is 31.1 Å². The van der Waals surface area contributed by atoms with E-state index in [2.05, 4.69) is 15.0 Å². The second kappa shape index (κ2) is 6.51. The normalized spacial score (nSPS) is 15.4. The van der Waals surface area contributed by atoms with E-state index in [0.717, 1.165) is 24.4 Å². The number of hydrogen-bond acceptors (Lipinski definition) is 4. The van der Waals surface area contributed by atoms with Crippen molar-refractivity contribution in [1.29, 1.82) is 0 Å². The summed E-state index contributed by atoms with van der Waals surface area (Å²) in [5, 5.41) is 4.32. The molecule has 0 spiro atoms. The van der Waals surface area contributed by atoms with Crippen LogP contribution < -0.4 is 4.90 Å². The van der Waals surface area contributed by atoms with E-state index in [1.54, 1.807) is 33.9 Å². The molecule has 3 heterocycles. The van der Waals surface area contributed by atoms with E-state index >= 15 is 0 Å². The monoisotopic (exact) mass is 339 g/mol. The van der Waals surface area contributed by atoms with Gasteiger partial charge in [-0.25, -0.2) is 9.37 Å². The molecule has 1 fully saturated rings. The van der Waals surface area contributed by atoms with E-state index in [4.69, 9.17) is 0 Å². The van der Waals surface area contributed by atoms with Gasteiger partial charge in [0.1, 0.15) is 11.6 Å². The number of amides is 1. The highest BCUT2D eigenvalue weighted by molar-refractivity contribution is 5.94. The van der Waals surface area contributed by atoms with Gasteiger partial charge in [-0.3, -0.25) is 4.79 Å². The summed E-state index contributed by atoms with van der Waals surface area (Å²) in [5.74, 6) is 0.232. The molecule has 0 N–H and O–H groups in total. The molecule has 3 aromatic rings. The predicted molar refractivity (Wildman–Crippen MR) is 92.1 cm³/mol. The van der Waals surface area contributed by atoms with Crippen molar-refractivity contribution in [2.24, 2.45) is 0 Å². The Bertz CT molecular complexity index is 909. The van der Waals surface area contributed by atoms with E-state index in [0.29, 0.717) is 19.6 Å². The van der Waals surface area contributed by atoms with E-state index in [1.807, 2.05) is 12.1 Å². The Morgan fingerprint density at radius 3 is 2.76 bits per heavy atom. The molecule has 0 saturated carbocycles. The number of aromatic nitrogens is 3. The van der Waals surface area contributed by atoms with Crippen LogP contribution in [0.25, 0.3) is 5.65 Å². The molecule has 0 atom stereocenters. The molecule has 0 aliphatic carbocycles. The lowest BCUT2D eigenvalue weighted by atomic mass is 10.2. The molecule has 1 aromatic carbocycles. The van der Waals surface area contributed by atoms with Crippen LogP contribution >= 0.6 is 0 Å². The fourth-order valence-electron chi connectivity index (χ4n) is 3.22. The van der Waals surface area contributed by atoms with E-state index < -0.39 is 5.82 Å². The van der Waals surface area contributed by atoms with Crippen molar-refractivity contribution >= 4 is 17.4 Å². The van der Waals surface area contributed by atoms with Gasteiger partial charge in [-0.1, -0.05) is 12.1 Å². The fraction of sp³-hybridized carbons (Fsp3) is 0.278. The number of carbonyl (C=O) groups excluding carboxylic acids is 1. The minimum atomic E-state index is -0.471. The number of nitrogens with zero attached hydrogens (tertiary/aromatic N) is 5. The van der Waals surface area contributed by atoms with Gasteiger partial charge in [0.15, 0.2) is 5.65 Å². The molecule has 0 radical (unpaired) electrons. The molecule has 1 aliphatic heterocycles. The molecular weight excluding hydrogens is 321 g/mol. The van der Waals surface area contributed by atoms with Gasteiger partial charge in [0.25, 0.3) is 5.91 Å². The van der Waals surface area contributed by atoms with Crippen molar-refractivity contribution in [3.63, 3.8) is 0 Å². The van der Waals surface area contributed by atoms with E-state index in [-0.39, 0.29) is 11.5 Å². The smallest absolute Gasteiger partial charge is 0.256 e. The highest BCUT2D eigenvalue weighted by Crippen LogP contribution is 2.18. The van der Waals surface area contributed by atoms with Gasteiger partial charge < -0.3 is 9.80 Å². The number of anilines is 1. The Morgan fingerprint density at radius 1 is 1.00 bits per heavy atom. The standard InChI is InChI=1S/C18H18FN5O/c19-15-5-2-1-4-14(15)18(25)23-11-3-10-22(12-13-23)17-7-8-20-16-6-9-21-24(16)17/h1-2,4-9H,3,10-13H2. The summed E-state index contributed by atoms with van der Waals surface area (Å²) in [6.45, 7) is 2.62. The van der Waals surface area contributed by atoms with Crippen LogP contribution in [0, 0.1) is 5.82 Å². The Hall–Kier alpha value is -2.96. The van der Waals surface area contributed by atoms with Gasteiger partial charge in [0, 0.05) is 38.4 Å². The van der Waals surface area contributed by atoms with Crippen molar-refractivity contribution in [3.05, 3.63) is 60.2 Å². The Morgan fingerprint density at radius 2 is 1.88 bits per heavy atom. The van der Waals surface area contributed by atoms with Gasteiger partial charge >= 0.3 is 0 Å². The number of rotatable bonds is 2. The SMILES string of the molecule is O=C(c1ccccc1F)N1CCCN(c2ccnc3ccnn23)CC1. The van der Waals surface area contributed by atoms with Crippen molar-refractivity contribution in [1.82, 2.24) is 19.5 Å². The van der Waals surface area contributed by atoms with Gasteiger partial charge in [-0.15, -0.1) is 0 Å². The van der Waals surface area contributed by atoms with Crippen LogP contribution in [0.1, 0.15) is 16.8 Å². The zero-order valence-corrected chi connectivity index (χ0v) is 13.7. The maximum absolute atomic E-state index is 13.9. The van der Waals surface area contributed by atoms with Crippen LogP contribution in [0.2, 0.25) is 0 Å². The van der Waals surface area contributed by atoms with Crippen LogP contribution in [0.4, 0.5) is 10.2 Å². The topological polar surface area (TPSA) is 53.7 Å². The van der Waals surface area contributed by atoms with E-state index in [9.17, 15) is 9.18 Å². The molecule has 1 saturated heterocycles. The summed E-state index contributed by atoms with van der Waals surface area (Å²) in [4.78, 5) is 20.8. The molecule has 25 heavy (non-hydrogen) atoms. The van der Waals surface area contributed by atoms with Crippen LogP contribution in [-0.4, -0.2) is 51.6 Å². The first-order valence-corrected chi connectivity index (χ1v) is 8.31. The Kier molecular flexibility index (Phi) is 4.05. The summed E-state index contributed by atoms with van der Waals surface area (Å²) in [5.41, 5.74) is 0.926. The summed E-state index contributed by atoms with van der Waals surface area (Å²) in [7, 11) is 0. The molecule has 0 unspecified atom stereocenters. The Labute approximate surface area is 144 Å². The predicted octanol–water partition coefficient (Wildman–Crippen LogP) is 2.22. The molecule has 2 aromatic heterocycles. The van der Waals surface area contributed by atoms with Crippen LogP contribution in [0.3, 0.4) is 0 Å². The maximum Gasteiger partial charge on any atom is 0.256 e. The molecule has 128 valence electrons. The quantitative estimate of drug-likeness (QED) is 0.718. The first-order valence-electron chi connectivity index (χ1n) is 8.31. The minimum Gasteiger partial charge on any atom is -0.355 e. The molecule has 1 aliphatic rings. The van der Waals surface area contributed by atoms with Crippen LogP contribution in [0.5, 0.6) is 0 Å². The molecular formula is C18H18FN5O. The van der Waals surface area contributed by atoms with Crippen molar-refractivity contribution in [2.45, 2.75) is 6.42 Å². The number of fused-ring (bicyclic) bond motifs is 1. The number of benzene rings is 1. The molecule has 0 bridgehead atoms. The fourth-order valence-corrected chi connectivity index (χ4v) is 3.22. The molecule has 6 nitrogen and oxygen atoms in total. The molecule has 4 rings (SSSR count). The summed E-state index contributed by atoms with van der Waals surface area (Å²) in [6.07, 6.45) is 4.29. The average molecular weight is 339 g/mol. The third-order valence-electron chi connectivity index (χ3n) is 4.48. The van der Waals surface area contributed by atoms with Crippen molar-refractivity contribution in [3.8, 4) is 0 Å². The summed E-state index contributed by atoms with van der Waals surface area (Å²) >= 11 is 0. The third-order valence-corrected chi connectivity index (χ3v) is 4.48.